The highest BCUT2D eigenvalue weighted by Gasteiger charge is 2.18. The fourth-order valence-electron chi connectivity index (χ4n) is 8.37. The van der Waals surface area contributed by atoms with Crippen molar-refractivity contribution < 1.29 is 0 Å². The van der Waals surface area contributed by atoms with Crippen molar-refractivity contribution in [3.63, 3.8) is 0 Å². The van der Waals surface area contributed by atoms with Crippen LogP contribution in [-0.2, 0) is 0 Å². The zero-order valence-electron chi connectivity index (χ0n) is 34.2. The molecule has 10 rings (SSSR count). The lowest BCUT2D eigenvalue weighted by atomic mass is 9.84. The fourth-order valence-corrected chi connectivity index (χ4v) is 8.37. The third kappa shape index (κ3) is 7.81. The number of pyridine rings is 1. The van der Waals surface area contributed by atoms with Gasteiger partial charge in [0.2, 0.25) is 0 Å². The zero-order chi connectivity index (χ0) is 41.7. The van der Waals surface area contributed by atoms with E-state index in [-0.39, 0.29) is 0 Å². The summed E-state index contributed by atoms with van der Waals surface area (Å²) in [7, 11) is 0. The summed E-state index contributed by atoms with van der Waals surface area (Å²) in [6.07, 6.45) is 4.01. The van der Waals surface area contributed by atoms with Gasteiger partial charge in [-0.2, -0.15) is 0 Å². The first kappa shape index (κ1) is 38.0. The molecule has 9 aromatic carbocycles. The van der Waals surface area contributed by atoms with E-state index >= 15 is 0 Å². The van der Waals surface area contributed by atoms with Crippen LogP contribution in [0.4, 0.5) is 0 Å². The Morgan fingerprint density at radius 2 is 0.774 bits per heavy atom. The minimum Gasteiger partial charge on any atom is -0.256 e. The normalized spacial score (nSPS) is 11.6. The first-order valence-corrected chi connectivity index (χ1v) is 21.0. The van der Waals surface area contributed by atoms with E-state index in [0.717, 1.165) is 72.7 Å². The van der Waals surface area contributed by atoms with Crippen LogP contribution in [0.3, 0.4) is 0 Å². The topological polar surface area (TPSA) is 25.2 Å². The lowest BCUT2D eigenvalue weighted by Crippen LogP contribution is -1.93. The second-order valence-electron chi connectivity index (χ2n) is 15.4. The Balaban J connectivity index is 1.06. The number of hydrogen-bond acceptors (Lipinski definition) is 2. The third-order valence-corrected chi connectivity index (χ3v) is 11.5. The van der Waals surface area contributed by atoms with Crippen LogP contribution < -0.4 is 0 Å². The molecule has 0 saturated heterocycles. The number of aliphatic imine (C=N–C) groups is 1. The standard InChI is InChI=1S/C60H42N2/c1-42(44-18-6-2-7-19-44)38-56(46-22-10-4-11-23-46)61-41-43-30-32-49(33-31-43)59-54-28-16-14-26-52(54)53-27-15-17-29-55(53)60(59)50-36-34-48(35-37-50)58-40-51(45-20-8-3-9-21-45)39-57(62-58)47-24-12-5-13-25-47/h2-41H,1H2/b56-38-,61-41?. The minimum absolute atomic E-state index is 0.855. The molecular weight excluding hydrogens is 749 g/mol. The average Bonchev–Trinajstić information content (AvgIpc) is 3.36. The molecule has 0 bridgehead atoms. The van der Waals surface area contributed by atoms with Gasteiger partial charge in [0.25, 0.3) is 0 Å². The molecule has 0 saturated carbocycles. The molecule has 0 N–H and O–H groups in total. The SMILES string of the molecule is C=C(/C=C(\N=Cc1ccc(-c2c(-c3ccc(-c4cc(-c5ccccc5)cc(-c5ccccc5)n4)cc3)c3ccccc3c3ccccc23)cc1)c1ccccc1)c1ccccc1. The lowest BCUT2D eigenvalue weighted by Gasteiger charge is -2.19. The molecule has 0 amide bonds. The Hall–Kier alpha value is -8.20. The Morgan fingerprint density at radius 3 is 1.31 bits per heavy atom. The van der Waals surface area contributed by atoms with E-state index < -0.39 is 0 Å². The monoisotopic (exact) mass is 790 g/mol. The van der Waals surface area contributed by atoms with Crippen molar-refractivity contribution in [1.82, 2.24) is 4.98 Å². The first-order chi connectivity index (χ1) is 30.7. The molecule has 0 spiro atoms. The molecule has 0 unspecified atom stereocenters. The van der Waals surface area contributed by atoms with Crippen LogP contribution in [0.5, 0.6) is 0 Å². The molecule has 0 aliphatic rings. The van der Waals surface area contributed by atoms with Crippen LogP contribution in [0.15, 0.2) is 248 Å². The predicted octanol–water partition coefficient (Wildman–Crippen LogP) is 15.9. The van der Waals surface area contributed by atoms with Gasteiger partial charge in [0.05, 0.1) is 17.1 Å². The van der Waals surface area contributed by atoms with Crippen molar-refractivity contribution >= 4 is 39.0 Å². The molecule has 62 heavy (non-hydrogen) atoms. The molecule has 0 atom stereocenters. The predicted molar refractivity (Wildman–Crippen MR) is 264 cm³/mol. The van der Waals surface area contributed by atoms with E-state index in [2.05, 4.69) is 201 Å². The van der Waals surface area contributed by atoms with Gasteiger partial charge in [-0.05, 0) is 89.8 Å². The van der Waals surface area contributed by atoms with Gasteiger partial charge in [-0.3, -0.25) is 4.99 Å². The summed E-state index contributed by atoms with van der Waals surface area (Å²) in [6, 6.07) is 81.2. The summed E-state index contributed by atoms with van der Waals surface area (Å²) in [6.45, 7) is 4.37. The van der Waals surface area contributed by atoms with E-state index in [9.17, 15) is 0 Å². The Bertz CT molecular complexity index is 3180. The van der Waals surface area contributed by atoms with Gasteiger partial charge in [0, 0.05) is 22.9 Å². The summed E-state index contributed by atoms with van der Waals surface area (Å²) in [5.74, 6) is 0. The van der Waals surface area contributed by atoms with Crippen molar-refractivity contribution in [1.29, 1.82) is 0 Å². The second-order valence-corrected chi connectivity index (χ2v) is 15.4. The number of aromatic nitrogens is 1. The molecule has 0 aliphatic carbocycles. The number of fused-ring (bicyclic) bond motifs is 3. The summed E-state index contributed by atoms with van der Waals surface area (Å²) in [5, 5.41) is 4.89. The summed E-state index contributed by atoms with van der Waals surface area (Å²) in [5.41, 5.74) is 15.9. The van der Waals surface area contributed by atoms with Gasteiger partial charge in [-0.1, -0.05) is 225 Å². The van der Waals surface area contributed by atoms with Crippen LogP contribution in [0.1, 0.15) is 16.7 Å². The number of benzene rings is 9. The molecule has 1 heterocycles. The number of allylic oxidation sites excluding steroid dienone is 2. The van der Waals surface area contributed by atoms with Crippen molar-refractivity contribution in [2.75, 3.05) is 0 Å². The highest BCUT2D eigenvalue weighted by Crippen LogP contribution is 2.45. The summed E-state index contributed by atoms with van der Waals surface area (Å²) in [4.78, 5) is 10.3. The molecule has 292 valence electrons. The molecule has 1 aromatic heterocycles. The Labute approximate surface area is 363 Å². The van der Waals surface area contributed by atoms with Gasteiger partial charge in [-0.15, -0.1) is 0 Å². The number of rotatable bonds is 10. The zero-order valence-corrected chi connectivity index (χ0v) is 34.2. The highest BCUT2D eigenvalue weighted by molar-refractivity contribution is 6.21. The van der Waals surface area contributed by atoms with E-state index in [0.29, 0.717) is 0 Å². The maximum atomic E-state index is 5.22. The second kappa shape index (κ2) is 17.2. The molecule has 0 aliphatic heterocycles. The average molecular weight is 791 g/mol. The molecule has 2 nitrogen and oxygen atoms in total. The van der Waals surface area contributed by atoms with Gasteiger partial charge >= 0.3 is 0 Å². The van der Waals surface area contributed by atoms with Gasteiger partial charge in [0.15, 0.2) is 0 Å². The molecule has 2 heteroatoms. The van der Waals surface area contributed by atoms with E-state index in [1.54, 1.807) is 0 Å². The molecular formula is C60H42N2. The lowest BCUT2D eigenvalue weighted by molar-refractivity contribution is 1.32. The van der Waals surface area contributed by atoms with Crippen molar-refractivity contribution in [3.05, 3.63) is 260 Å². The molecule has 0 fully saturated rings. The summed E-state index contributed by atoms with van der Waals surface area (Å²) < 4.78 is 0. The van der Waals surface area contributed by atoms with Gasteiger partial charge in [-0.25, -0.2) is 4.98 Å². The fraction of sp³-hybridized carbons (Fsp3) is 0. The summed E-state index contributed by atoms with van der Waals surface area (Å²) >= 11 is 0. The van der Waals surface area contributed by atoms with Crippen molar-refractivity contribution in [2.45, 2.75) is 0 Å². The highest BCUT2D eigenvalue weighted by atomic mass is 14.7. The Kier molecular flexibility index (Phi) is 10.5. The van der Waals surface area contributed by atoms with E-state index in [1.165, 1.54) is 32.7 Å². The number of nitrogens with zero attached hydrogens (tertiary/aromatic N) is 2. The maximum absolute atomic E-state index is 5.22. The van der Waals surface area contributed by atoms with Crippen LogP contribution in [0.25, 0.3) is 88.7 Å². The van der Waals surface area contributed by atoms with Crippen LogP contribution in [0, 0.1) is 0 Å². The van der Waals surface area contributed by atoms with Gasteiger partial charge < -0.3 is 0 Å². The van der Waals surface area contributed by atoms with Crippen molar-refractivity contribution in [2.24, 2.45) is 4.99 Å². The third-order valence-electron chi connectivity index (χ3n) is 11.5. The quantitative estimate of drug-likeness (QED) is 0.0769. The van der Waals surface area contributed by atoms with Crippen LogP contribution in [-0.4, -0.2) is 11.2 Å². The van der Waals surface area contributed by atoms with E-state index in [1.807, 2.05) is 48.7 Å². The molecule has 10 aromatic rings. The van der Waals surface area contributed by atoms with Crippen molar-refractivity contribution in [3.8, 4) is 55.9 Å². The number of hydrogen-bond donors (Lipinski definition) is 0. The first-order valence-electron chi connectivity index (χ1n) is 21.0. The van der Waals surface area contributed by atoms with Gasteiger partial charge in [0.1, 0.15) is 0 Å². The Morgan fingerprint density at radius 1 is 0.371 bits per heavy atom. The largest absolute Gasteiger partial charge is 0.256 e. The van der Waals surface area contributed by atoms with E-state index in [4.69, 9.17) is 9.98 Å². The maximum Gasteiger partial charge on any atom is 0.0715 e. The molecule has 0 radical (unpaired) electrons. The minimum atomic E-state index is 0.855. The van der Waals surface area contributed by atoms with Crippen LogP contribution in [0.2, 0.25) is 0 Å². The smallest absolute Gasteiger partial charge is 0.0715 e. The van der Waals surface area contributed by atoms with Crippen LogP contribution >= 0.6 is 0 Å².